The lowest BCUT2D eigenvalue weighted by atomic mass is 9.87. The SMILES string of the molecule is CO/C=C/C1CCC(Oc2ccc(C#N)cc2)CC1. The van der Waals surface area contributed by atoms with E-state index in [2.05, 4.69) is 12.1 Å². The molecule has 1 aliphatic rings. The molecule has 0 bridgehead atoms. The summed E-state index contributed by atoms with van der Waals surface area (Å²) in [6, 6.07) is 9.44. The molecule has 0 amide bonds. The Kier molecular flexibility index (Phi) is 4.85. The molecule has 1 saturated carbocycles. The predicted octanol–water partition coefficient (Wildman–Crippen LogP) is 3.66. The van der Waals surface area contributed by atoms with Gasteiger partial charge in [0, 0.05) is 0 Å². The van der Waals surface area contributed by atoms with Gasteiger partial charge < -0.3 is 9.47 Å². The maximum atomic E-state index is 8.74. The molecular formula is C16H19NO2. The van der Waals surface area contributed by atoms with Gasteiger partial charge in [0.15, 0.2) is 0 Å². The van der Waals surface area contributed by atoms with E-state index in [-0.39, 0.29) is 0 Å². The van der Waals surface area contributed by atoms with Gasteiger partial charge in [-0.25, -0.2) is 0 Å². The molecule has 0 atom stereocenters. The smallest absolute Gasteiger partial charge is 0.119 e. The van der Waals surface area contributed by atoms with Crippen LogP contribution < -0.4 is 4.74 Å². The highest BCUT2D eigenvalue weighted by atomic mass is 16.5. The van der Waals surface area contributed by atoms with Gasteiger partial charge in [0.25, 0.3) is 0 Å². The summed E-state index contributed by atoms with van der Waals surface area (Å²) in [6.07, 6.45) is 8.61. The van der Waals surface area contributed by atoms with Crippen molar-refractivity contribution in [2.24, 2.45) is 5.92 Å². The van der Waals surface area contributed by atoms with Gasteiger partial charge in [0.05, 0.1) is 31.1 Å². The molecule has 0 N–H and O–H groups in total. The number of hydrogen-bond acceptors (Lipinski definition) is 3. The normalized spacial score (nSPS) is 22.9. The van der Waals surface area contributed by atoms with Crippen LogP contribution in [0.2, 0.25) is 0 Å². The number of methoxy groups -OCH3 is 1. The molecule has 0 spiro atoms. The zero-order valence-electron chi connectivity index (χ0n) is 11.2. The first-order valence-electron chi connectivity index (χ1n) is 6.68. The third-order valence-corrected chi connectivity index (χ3v) is 3.49. The van der Waals surface area contributed by atoms with Crippen molar-refractivity contribution < 1.29 is 9.47 Å². The van der Waals surface area contributed by atoms with Crippen molar-refractivity contribution in [3.63, 3.8) is 0 Å². The second-order valence-corrected chi connectivity index (χ2v) is 4.86. The maximum absolute atomic E-state index is 8.74. The summed E-state index contributed by atoms with van der Waals surface area (Å²) in [5, 5.41) is 8.74. The van der Waals surface area contributed by atoms with Crippen LogP contribution in [-0.2, 0) is 4.74 Å². The minimum absolute atomic E-state index is 0.292. The number of ether oxygens (including phenoxy) is 2. The zero-order valence-corrected chi connectivity index (χ0v) is 11.2. The second kappa shape index (κ2) is 6.84. The molecule has 100 valence electrons. The third-order valence-electron chi connectivity index (χ3n) is 3.49. The summed E-state index contributed by atoms with van der Waals surface area (Å²) in [6.45, 7) is 0. The monoisotopic (exact) mass is 257 g/mol. The molecule has 3 nitrogen and oxygen atoms in total. The molecule has 0 aliphatic heterocycles. The fourth-order valence-electron chi connectivity index (χ4n) is 2.39. The molecular weight excluding hydrogens is 238 g/mol. The average Bonchev–Trinajstić information content (AvgIpc) is 2.47. The summed E-state index contributed by atoms with van der Waals surface area (Å²) < 4.78 is 10.9. The van der Waals surface area contributed by atoms with Crippen LogP contribution in [0.15, 0.2) is 36.6 Å². The van der Waals surface area contributed by atoms with E-state index in [0.29, 0.717) is 17.6 Å². The van der Waals surface area contributed by atoms with Crippen molar-refractivity contribution in [2.45, 2.75) is 31.8 Å². The predicted molar refractivity (Wildman–Crippen MR) is 73.7 cm³/mol. The van der Waals surface area contributed by atoms with Crippen molar-refractivity contribution in [3.8, 4) is 11.8 Å². The van der Waals surface area contributed by atoms with E-state index in [0.717, 1.165) is 31.4 Å². The van der Waals surface area contributed by atoms with Crippen molar-refractivity contribution in [1.82, 2.24) is 0 Å². The molecule has 1 aliphatic carbocycles. The fourth-order valence-corrected chi connectivity index (χ4v) is 2.39. The van der Waals surface area contributed by atoms with E-state index in [1.807, 2.05) is 12.1 Å². The van der Waals surface area contributed by atoms with Crippen LogP contribution in [0.3, 0.4) is 0 Å². The van der Waals surface area contributed by atoms with E-state index >= 15 is 0 Å². The molecule has 1 aromatic carbocycles. The van der Waals surface area contributed by atoms with Gasteiger partial charge in [-0.2, -0.15) is 5.26 Å². The van der Waals surface area contributed by atoms with Crippen molar-refractivity contribution in [3.05, 3.63) is 42.2 Å². The number of nitriles is 1. The van der Waals surface area contributed by atoms with Gasteiger partial charge in [-0.05, 0) is 61.9 Å². The van der Waals surface area contributed by atoms with Gasteiger partial charge >= 0.3 is 0 Å². The highest BCUT2D eigenvalue weighted by Gasteiger charge is 2.20. The molecule has 3 heteroatoms. The Labute approximate surface area is 114 Å². The van der Waals surface area contributed by atoms with Crippen molar-refractivity contribution in [2.75, 3.05) is 7.11 Å². The number of allylic oxidation sites excluding steroid dienone is 1. The van der Waals surface area contributed by atoms with Gasteiger partial charge in [0.2, 0.25) is 0 Å². The average molecular weight is 257 g/mol. The Morgan fingerprint density at radius 2 is 1.84 bits per heavy atom. The van der Waals surface area contributed by atoms with E-state index in [9.17, 15) is 0 Å². The second-order valence-electron chi connectivity index (χ2n) is 4.86. The van der Waals surface area contributed by atoms with Crippen LogP contribution in [0.1, 0.15) is 31.2 Å². The molecule has 0 heterocycles. The first kappa shape index (κ1) is 13.5. The van der Waals surface area contributed by atoms with Crippen LogP contribution in [0.25, 0.3) is 0 Å². The van der Waals surface area contributed by atoms with Crippen LogP contribution in [0, 0.1) is 17.2 Å². The zero-order chi connectivity index (χ0) is 13.5. The molecule has 0 radical (unpaired) electrons. The first-order chi connectivity index (χ1) is 9.31. The molecule has 0 aromatic heterocycles. The fraction of sp³-hybridized carbons (Fsp3) is 0.438. The summed E-state index contributed by atoms with van der Waals surface area (Å²) in [7, 11) is 1.68. The molecule has 19 heavy (non-hydrogen) atoms. The Bertz CT molecular complexity index is 451. The number of benzene rings is 1. The topological polar surface area (TPSA) is 42.2 Å². The van der Waals surface area contributed by atoms with Gasteiger partial charge in [0.1, 0.15) is 5.75 Å². The lowest BCUT2D eigenvalue weighted by molar-refractivity contribution is 0.140. The summed E-state index contributed by atoms with van der Waals surface area (Å²) >= 11 is 0. The largest absolute Gasteiger partial charge is 0.505 e. The van der Waals surface area contributed by atoms with Gasteiger partial charge in [-0.3, -0.25) is 0 Å². The summed E-state index contributed by atoms with van der Waals surface area (Å²) in [5.74, 6) is 1.47. The molecule has 1 aromatic rings. The third kappa shape index (κ3) is 4.03. The van der Waals surface area contributed by atoms with Crippen LogP contribution >= 0.6 is 0 Å². The van der Waals surface area contributed by atoms with Crippen molar-refractivity contribution >= 4 is 0 Å². The van der Waals surface area contributed by atoms with Gasteiger partial charge in [-0.15, -0.1) is 0 Å². The number of nitrogens with zero attached hydrogens (tertiary/aromatic N) is 1. The lowest BCUT2D eigenvalue weighted by Gasteiger charge is -2.27. The molecule has 2 rings (SSSR count). The standard InChI is InChI=1S/C16H19NO2/c1-18-11-10-13-2-6-15(7-3-13)19-16-8-4-14(12-17)5-9-16/h4-5,8-11,13,15H,2-3,6-7H2,1H3/b11-10+. The minimum atomic E-state index is 0.292. The van der Waals surface area contributed by atoms with E-state index in [1.165, 1.54) is 0 Å². The van der Waals surface area contributed by atoms with E-state index < -0.39 is 0 Å². The molecule has 1 fully saturated rings. The first-order valence-corrected chi connectivity index (χ1v) is 6.68. The van der Waals surface area contributed by atoms with E-state index in [1.54, 1.807) is 25.5 Å². The molecule has 0 saturated heterocycles. The maximum Gasteiger partial charge on any atom is 0.119 e. The quantitative estimate of drug-likeness (QED) is 0.773. The lowest BCUT2D eigenvalue weighted by Crippen LogP contribution is -2.23. The highest BCUT2D eigenvalue weighted by molar-refractivity contribution is 5.34. The van der Waals surface area contributed by atoms with Gasteiger partial charge in [-0.1, -0.05) is 0 Å². The Hall–Kier alpha value is -1.95. The van der Waals surface area contributed by atoms with E-state index in [4.69, 9.17) is 14.7 Å². The van der Waals surface area contributed by atoms with Crippen LogP contribution in [0.4, 0.5) is 0 Å². The minimum Gasteiger partial charge on any atom is -0.505 e. The van der Waals surface area contributed by atoms with Crippen LogP contribution in [0.5, 0.6) is 5.75 Å². The summed E-state index contributed by atoms with van der Waals surface area (Å²) in [5.41, 5.74) is 0.667. The molecule has 0 unspecified atom stereocenters. The Morgan fingerprint density at radius 1 is 1.16 bits per heavy atom. The van der Waals surface area contributed by atoms with Crippen LogP contribution in [-0.4, -0.2) is 13.2 Å². The number of hydrogen-bond donors (Lipinski definition) is 0. The van der Waals surface area contributed by atoms with Crippen molar-refractivity contribution in [1.29, 1.82) is 5.26 Å². The number of rotatable bonds is 4. The summed E-state index contributed by atoms with van der Waals surface area (Å²) in [4.78, 5) is 0. The Balaban J connectivity index is 1.82. The Morgan fingerprint density at radius 3 is 2.42 bits per heavy atom. The highest BCUT2D eigenvalue weighted by Crippen LogP contribution is 2.28.